The maximum absolute atomic E-state index is 11.4. The Morgan fingerprint density at radius 3 is 2.64 bits per heavy atom. The Hall–Kier alpha value is -1.59. The Morgan fingerprint density at radius 2 is 1.92 bits per heavy atom. The summed E-state index contributed by atoms with van der Waals surface area (Å²) in [5.41, 5.74) is 7.97. The zero-order valence-corrected chi connectivity index (χ0v) is 15.0. The van der Waals surface area contributed by atoms with E-state index < -0.39 is 5.79 Å². The van der Waals surface area contributed by atoms with Crippen molar-refractivity contribution in [2.75, 3.05) is 12.3 Å². The molecule has 0 unspecified atom stereocenters. The summed E-state index contributed by atoms with van der Waals surface area (Å²) in [4.78, 5) is 11.4. The van der Waals surface area contributed by atoms with Crippen LogP contribution >= 0.6 is 0 Å². The van der Waals surface area contributed by atoms with Gasteiger partial charge in [0.25, 0.3) is 0 Å². The van der Waals surface area contributed by atoms with Crippen LogP contribution < -0.4 is 5.73 Å². The smallest absolute Gasteiger partial charge is 0.305 e. The van der Waals surface area contributed by atoms with E-state index in [4.69, 9.17) is 19.9 Å². The normalized spacial score (nSPS) is 25.2. The average Bonchev–Trinajstić information content (AvgIpc) is 2.94. The van der Waals surface area contributed by atoms with Crippen molar-refractivity contribution in [3.8, 4) is 0 Å². The SMILES string of the molecule is CCC(=O)OCC[C@@H]1OC2(CCCCC2)O[C@H]1Cc1ccccc1N. The summed E-state index contributed by atoms with van der Waals surface area (Å²) in [5.74, 6) is -0.624. The van der Waals surface area contributed by atoms with Gasteiger partial charge in [0.2, 0.25) is 0 Å². The summed E-state index contributed by atoms with van der Waals surface area (Å²) < 4.78 is 18.1. The topological polar surface area (TPSA) is 70.8 Å². The summed E-state index contributed by atoms with van der Waals surface area (Å²) in [7, 11) is 0. The third kappa shape index (κ3) is 4.53. The third-order valence-corrected chi connectivity index (χ3v) is 5.19. The van der Waals surface area contributed by atoms with Gasteiger partial charge in [-0.3, -0.25) is 4.79 Å². The van der Waals surface area contributed by atoms with Crippen molar-refractivity contribution >= 4 is 11.7 Å². The van der Waals surface area contributed by atoms with Gasteiger partial charge in [-0.05, 0) is 24.5 Å². The highest BCUT2D eigenvalue weighted by atomic mass is 16.8. The van der Waals surface area contributed by atoms with E-state index in [9.17, 15) is 4.79 Å². The van der Waals surface area contributed by atoms with Gasteiger partial charge in [0.1, 0.15) is 0 Å². The molecule has 3 rings (SSSR count). The number of para-hydroxylation sites is 1. The molecule has 1 spiro atoms. The number of hydrogen-bond acceptors (Lipinski definition) is 5. The van der Waals surface area contributed by atoms with Crippen LogP contribution in [0.3, 0.4) is 0 Å². The van der Waals surface area contributed by atoms with Gasteiger partial charge in [-0.15, -0.1) is 0 Å². The number of carbonyl (C=O) groups is 1. The lowest BCUT2D eigenvalue weighted by atomic mass is 9.94. The summed E-state index contributed by atoms with van der Waals surface area (Å²) in [5, 5.41) is 0. The number of benzene rings is 1. The number of ether oxygens (including phenoxy) is 3. The van der Waals surface area contributed by atoms with Crippen molar-refractivity contribution in [1.82, 2.24) is 0 Å². The Morgan fingerprint density at radius 1 is 1.20 bits per heavy atom. The number of carbonyl (C=O) groups excluding carboxylic acids is 1. The van der Waals surface area contributed by atoms with Gasteiger partial charge in [0, 0.05) is 37.8 Å². The van der Waals surface area contributed by atoms with Crippen LogP contribution in [0.2, 0.25) is 0 Å². The van der Waals surface area contributed by atoms with Gasteiger partial charge >= 0.3 is 5.97 Å². The quantitative estimate of drug-likeness (QED) is 0.629. The minimum atomic E-state index is -0.452. The lowest BCUT2D eigenvalue weighted by Gasteiger charge is -2.32. The number of anilines is 1. The number of hydrogen-bond donors (Lipinski definition) is 1. The van der Waals surface area contributed by atoms with Gasteiger partial charge in [-0.2, -0.15) is 0 Å². The molecule has 1 aromatic carbocycles. The largest absolute Gasteiger partial charge is 0.466 e. The molecule has 5 heteroatoms. The average molecular weight is 347 g/mol. The first-order valence-corrected chi connectivity index (χ1v) is 9.46. The first-order chi connectivity index (χ1) is 12.1. The second-order valence-electron chi connectivity index (χ2n) is 7.05. The third-order valence-electron chi connectivity index (χ3n) is 5.19. The van der Waals surface area contributed by atoms with Crippen LogP contribution in [0.1, 0.15) is 57.4 Å². The van der Waals surface area contributed by atoms with Gasteiger partial charge < -0.3 is 19.9 Å². The van der Waals surface area contributed by atoms with Crippen LogP contribution in [0.4, 0.5) is 5.69 Å². The van der Waals surface area contributed by atoms with E-state index in [2.05, 4.69) is 0 Å². The standard InChI is InChI=1S/C20H29NO4/c1-2-19(22)23-13-10-17-18(14-15-8-4-5-9-16(15)21)25-20(24-17)11-6-3-7-12-20/h4-5,8-9,17-18H,2-3,6-7,10-14,21H2,1H3/t17-,18-/m0/s1. The van der Waals surface area contributed by atoms with Crippen molar-refractivity contribution in [1.29, 1.82) is 0 Å². The maximum atomic E-state index is 11.4. The minimum absolute atomic E-state index is 0.0527. The maximum Gasteiger partial charge on any atom is 0.305 e. The summed E-state index contributed by atoms with van der Waals surface area (Å²) in [6.45, 7) is 2.17. The molecule has 138 valence electrons. The molecule has 0 radical (unpaired) electrons. The molecule has 1 saturated carbocycles. The molecule has 1 saturated heterocycles. The highest BCUT2D eigenvalue weighted by molar-refractivity contribution is 5.68. The molecule has 1 aliphatic carbocycles. The molecule has 2 aliphatic rings. The fourth-order valence-corrected chi connectivity index (χ4v) is 3.80. The second-order valence-corrected chi connectivity index (χ2v) is 7.05. The molecular weight excluding hydrogens is 318 g/mol. The fourth-order valence-electron chi connectivity index (χ4n) is 3.80. The Bertz CT molecular complexity index is 583. The molecule has 0 bridgehead atoms. The second kappa shape index (κ2) is 8.19. The van der Waals surface area contributed by atoms with E-state index in [0.29, 0.717) is 19.4 Å². The zero-order valence-electron chi connectivity index (χ0n) is 15.0. The van der Waals surface area contributed by atoms with E-state index in [0.717, 1.165) is 43.4 Å². The Balaban J connectivity index is 1.67. The van der Waals surface area contributed by atoms with E-state index in [-0.39, 0.29) is 18.2 Å². The first kappa shape index (κ1) is 18.2. The van der Waals surface area contributed by atoms with E-state index >= 15 is 0 Å². The van der Waals surface area contributed by atoms with Crippen molar-refractivity contribution in [3.05, 3.63) is 29.8 Å². The highest BCUT2D eigenvalue weighted by Gasteiger charge is 2.47. The summed E-state index contributed by atoms with van der Waals surface area (Å²) in [6, 6.07) is 7.89. The molecule has 25 heavy (non-hydrogen) atoms. The van der Waals surface area contributed by atoms with Crippen LogP contribution in [-0.4, -0.2) is 30.6 Å². The highest BCUT2D eigenvalue weighted by Crippen LogP contribution is 2.42. The Kier molecular flexibility index (Phi) is 5.97. The number of esters is 1. The van der Waals surface area contributed by atoms with Crippen molar-refractivity contribution in [2.45, 2.75) is 76.3 Å². The van der Waals surface area contributed by atoms with Crippen LogP contribution in [0.15, 0.2) is 24.3 Å². The Labute approximate surface area is 149 Å². The molecule has 5 nitrogen and oxygen atoms in total. The van der Waals surface area contributed by atoms with Crippen molar-refractivity contribution < 1.29 is 19.0 Å². The lowest BCUT2D eigenvalue weighted by molar-refractivity contribution is -0.194. The fraction of sp³-hybridized carbons (Fsp3) is 0.650. The van der Waals surface area contributed by atoms with E-state index in [1.807, 2.05) is 24.3 Å². The molecule has 0 aromatic heterocycles. The molecule has 2 fully saturated rings. The number of nitrogens with two attached hydrogens (primary N) is 1. The molecule has 1 aliphatic heterocycles. The molecule has 2 N–H and O–H groups in total. The molecule has 1 heterocycles. The van der Waals surface area contributed by atoms with Gasteiger partial charge in [0.15, 0.2) is 5.79 Å². The predicted molar refractivity (Wildman–Crippen MR) is 96.0 cm³/mol. The molecule has 0 amide bonds. The van der Waals surface area contributed by atoms with Crippen LogP contribution in [0, 0.1) is 0 Å². The molecular formula is C20H29NO4. The minimum Gasteiger partial charge on any atom is -0.466 e. The van der Waals surface area contributed by atoms with Gasteiger partial charge in [-0.1, -0.05) is 31.5 Å². The summed E-state index contributed by atoms with van der Waals surface area (Å²) >= 11 is 0. The van der Waals surface area contributed by atoms with Crippen molar-refractivity contribution in [2.24, 2.45) is 0 Å². The lowest BCUT2D eigenvalue weighted by Crippen LogP contribution is -2.33. The van der Waals surface area contributed by atoms with E-state index in [1.165, 1.54) is 6.42 Å². The van der Waals surface area contributed by atoms with Gasteiger partial charge in [-0.25, -0.2) is 0 Å². The molecule has 1 aromatic rings. The van der Waals surface area contributed by atoms with Crippen LogP contribution in [-0.2, 0) is 25.4 Å². The van der Waals surface area contributed by atoms with Crippen LogP contribution in [0.5, 0.6) is 0 Å². The summed E-state index contributed by atoms with van der Waals surface area (Å²) in [6.07, 6.45) is 7.06. The van der Waals surface area contributed by atoms with Crippen LogP contribution in [0.25, 0.3) is 0 Å². The zero-order chi connectivity index (χ0) is 17.7. The number of nitrogen functional groups attached to an aromatic ring is 1. The predicted octanol–water partition coefficient (Wildman–Crippen LogP) is 3.60. The first-order valence-electron chi connectivity index (χ1n) is 9.46. The van der Waals surface area contributed by atoms with E-state index in [1.54, 1.807) is 6.92 Å². The monoisotopic (exact) mass is 347 g/mol. The van der Waals surface area contributed by atoms with Gasteiger partial charge in [0.05, 0.1) is 18.8 Å². The van der Waals surface area contributed by atoms with Crippen molar-refractivity contribution in [3.63, 3.8) is 0 Å². The molecule has 2 atom stereocenters. The number of rotatable bonds is 6.